The Morgan fingerprint density at radius 2 is 1.81 bits per heavy atom. The van der Waals surface area contributed by atoms with Gasteiger partial charge in [0.05, 0.1) is 5.75 Å². The third kappa shape index (κ3) is 3.71. The summed E-state index contributed by atoms with van der Waals surface area (Å²) in [4.78, 5) is 0. The molecule has 1 aliphatic rings. The van der Waals surface area contributed by atoms with E-state index >= 15 is 0 Å². The molecule has 2 N–H and O–H groups in total. The van der Waals surface area contributed by atoms with Gasteiger partial charge >= 0.3 is 0 Å². The van der Waals surface area contributed by atoms with Gasteiger partial charge in [0.15, 0.2) is 0 Å². The first kappa shape index (κ1) is 13.9. The number of piperidine rings is 1. The van der Waals surface area contributed by atoms with Crippen LogP contribution in [0.15, 0.2) is 0 Å². The summed E-state index contributed by atoms with van der Waals surface area (Å²) in [5.41, 5.74) is 5.99. The molecule has 0 aromatic heterocycles. The lowest BCUT2D eigenvalue weighted by molar-refractivity contribution is 0.195. The average molecular weight is 248 g/mol. The Morgan fingerprint density at radius 3 is 2.25 bits per heavy atom. The van der Waals surface area contributed by atoms with E-state index in [0.717, 1.165) is 12.8 Å². The predicted octanol–water partition coefficient (Wildman–Crippen LogP) is 1.18. The fourth-order valence-corrected chi connectivity index (χ4v) is 3.59. The molecule has 4 nitrogen and oxygen atoms in total. The zero-order chi connectivity index (χ0) is 12.4. The first-order valence-electron chi connectivity index (χ1n) is 6.00. The lowest BCUT2D eigenvalue weighted by Gasteiger charge is -2.36. The Labute approximate surface area is 99.2 Å². The number of nitrogens with two attached hydrogens (primary N) is 1. The van der Waals surface area contributed by atoms with Crippen LogP contribution in [0.2, 0.25) is 0 Å². The zero-order valence-electron chi connectivity index (χ0n) is 10.6. The van der Waals surface area contributed by atoms with E-state index in [1.54, 1.807) is 4.31 Å². The van der Waals surface area contributed by atoms with Crippen molar-refractivity contribution in [2.24, 2.45) is 11.1 Å². The number of hydrogen-bond acceptors (Lipinski definition) is 3. The van der Waals surface area contributed by atoms with E-state index in [1.807, 2.05) is 6.92 Å². The van der Waals surface area contributed by atoms with Crippen LogP contribution in [0.3, 0.4) is 0 Å². The normalized spacial score (nSPS) is 24.2. The van der Waals surface area contributed by atoms with Gasteiger partial charge < -0.3 is 5.73 Å². The van der Waals surface area contributed by atoms with Gasteiger partial charge in [-0.15, -0.1) is 0 Å². The van der Waals surface area contributed by atoms with Crippen molar-refractivity contribution in [1.29, 1.82) is 0 Å². The van der Waals surface area contributed by atoms with Gasteiger partial charge in [-0.05, 0) is 24.7 Å². The fraction of sp³-hybridized carbons (Fsp3) is 1.00. The highest BCUT2D eigenvalue weighted by Gasteiger charge is 2.32. The van der Waals surface area contributed by atoms with Crippen molar-refractivity contribution in [1.82, 2.24) is 4.31 Å². The van der Waals surface area contributed by atoms with E-state index in [4.69, 9.17) is 5.73 Å². The molecular weight excluding hydrogens is 224 g/mol. The topological polar surface area (TPSA) is 63.4 Å². The molecular formula is C11H24N2O2S. The van der Waals surface area contributed by atoms with Crippen LogP contribution in [-0.4, -0.2) is 37.6 Å². The Morgan fingerprint density at radius 1 is 1.31 bits per heavy atom. The maximum Gasteiger partial charge on any atom is 0.215 e. The van der Waals surface area contributed by atoms with E-state index in [-0.39, 0.29) is 17.2 Å². The van der Waals surface area contributed by atoms with Gasteiger partial charge in [0, 0.05) is 19.1 Å². The average Bonchev–Trinajstić information content (AvgIpc) is 2.16. The van der Waals surface area contributed by atoms with Gasteiger partial charge in [-0.25, -0.2) is 12.7 Å². The molecule has 5 heteroatoms. The zero-order valence-corrected chi connectivity index (χ0v) is 11.4. The fourth-order valence-electron chi connectivity index (χ4n) is 1.86. The molecule has 96 valence electrons. The third-order valence-corrected chi connectivity index (χ3v) is 5.42. The Kier molecular flexibility index (Phi) is 4.37. The first-order valence-corrected chi connectivity index (χ1v) is 7.61. The molecule has 0 aliphatic carbocycles. The lowest BCUT2D eigenvalue weighted by atomic mass is 9.83. The largest absolute Gasteiger partial charge is 0.327 e. The number of sulfonamides is 1. The number of hydrogen-bond donors (Lipinski definition) is 1. The van der Waals surface area contributed by atoms with Crippen LogP contribution < -0.4 is 5.73 Å². The lowest BCUT2D eigenvalue weighted by Crippen LogP contribution is -2.45. The highest BCUT2D eigenvalue weighted by molar-refractivity contribution is 7.89. The minimum atomic E-state index is -3.14. The van der Waals surface area contributed by atoms with E-state index < -0.39 is 10.0 Å². The second kappa shape index (κ2) is 5.02. The molecule has 0 aromatic rings. The molecule has 1 aliphatic heterocycles. The summed E-state index contributed by atoms with van der Waals surface area (Å²) in [5.74, 6) is 0.0872. The van der Waals surface area contributed by atoms with Crippen molar-refractivity contribution < 1.29 is 8.42 Å². The maximum atomic E-state index is 12.0. The van der Waals surface area contributed by atoms with Crippen molar-refractivity contribution in [3.05, 3.63) is 0 Å². The summed E-state index contributed by atoms with van der Waals surface area (Å²) in [6, 6.07) is -0.236. The second-order valence-corrected chi connectivity index (χ2v) is 7.52. The van der Waals surface area contributed by atoms with Crippen LogP contribution in [0.25, 0.3) is 0 Å². The maximum absolute atomic E-state index is 12.0. The summed E-state index contributed by atoms with van der Waals surface area (Å²) in [6.45, 7) is 7.58. The standard InChI is InChI=1S/C11H24N2O2S/c1-4-10(12)9-16(14,15)13-7-5-11(2,3)6-8-13/h10H,4-9,12H2,1-3H3. The molecule has 0 bridgehead atoms. The molecule has 1 atom stereocenters. The minimum Gasteiger partial charge on any atom is -0.327 e. The van der Waals surface area contributed by atoms with Gasteiger partial charge in [-0.1, -0.05) is 20.8 Å². The van der Waals surface area contributed by atoms with Crippen LogP contribution in [0.5, 0.6) is 0 Å². The van der Waals surface area contributed by atoms with Crippen molar-refractivity contribution in [3.63, 3.8) is 0 Å². The van der Waals surface area contributed by atoms with Crippen LogP contribution in [0.1, 0.15) is 40.0 Å². The number of rotatable bonds is 4. The summed E-state index contributed by atoms with van der Waals surface area (Å²) < 4.78 is 25.6. The summed E-state index contributed by atoms with van der Waals surface area (Å²) >= 11 is 0. The van der Waals surface area contributed by atoms with E-state index in [1.165, 1.54) is 0 Å². The van der Waals surface area contributed by atoms with Gasteiger partial charge in [0.25, 0.3) is 0 Å². The van der Waals surface area contributed by atoms with Crippen LogP contribution in [0.4, 0.5) is 0 Å². The molecule has 0 amide bonds. The van der Waals surface area contributed by atoms with Crippen LogP contribution in [-0.2, 0) is 10.0 Å². The minimum absolute atomic E-state index is 0.0872. The molecule has 0 radical (unpaired) electrons. The molecule has 1 heterocycles. The molecule has 0 spiro atoms. The monoisotopic (exact) mass is 248 g/mol. The quantitative estimate of drug-likeness (QED) is 0.812. The first-order chi connectivity index (χ1) is 7.27. The number of nitrogens with zero attached hydrogens (tertiary/aromatic N) is 1. The second-order valence-electron chi connectivity index (χ2n) is 5.51. The molecule has 16 heavy (non-hydrogen) atoms. The molecule has 1 rings (SSSR count). The summed E-state index contributed by atoms with van der Waals surface area (Å²) in [5, 5.41) is 0. The third-order valence-electron chi connectivity index (χ3n) is 3.42. The van der Waals surface area contributed by atoms with Crippen molar-refractivity contribution >= 4 is 10.0 Å². The molecule has 1 fully saturated rings. The van der Waals surface area contributed by atoms with Crippen LogP contribution >= 0.6 is 0 Å². The van der Waals surface area contributed by atoms with E-state index in [2.05, 4.69) is 13.8 Å². The SMILES string of the molecule is CCC(N)CS(=O)(=O)N1CCC(C)(C)CC1. The van der Waals surface area contributed by atoms with E-state index in [0.29, 0.717) is 19.5 Å². The summed E-state index contributed by atoms with van der Waals surface area (Å²) in [7, 11) is -3.14. The van der Waals surface area contributed by atoms with Crippen molar-refractivity contribution in [2.75, 3.05) is 18.8 Å². The summed E-state index contributed by atoms with van der Waals surface area (Å²) in [6.07, 6.45) is 2.58. The van der Waals surface area contributed by atoms with Crippen LogP contribution in [0, 0.1) is 5.41 Å². The Bertz CT molecular complexity index is 315. The molecule has 1 unspecified atom stereocenters. The Balaban J connectivity index is 2.58. The van der Waals surface area contributed by atoms with Gasteiger partial charge in [-0.3, -0.25) is 0 Å². The van der Waals surface area contributed by atoms with E-state index in [9.17, 15) is 8.42 Å². The van der Waals surface area contributed by atoms with Gasteiger partial charge in [-0.2, -0.15) is 0 Å². The van der Waals surface area contributed by atoms with Crippen molar-refractivity contribution in [2.45, 2.75) is 46.1 Å². The highest BCUT2D eigenvalue weighted by atomic mass is 32.2. The molecule has 0 saturated carbocycles. The Hall–Kier alpha value is -0.130. The molecule has 1 saturated heterocycles. The highest BCUT2D eigenvalue weighted by Crippen LogP contribution is 2.30. The predicted molar refractivity (Wildman–Crippen MR) is 66.6 cm³/mol. The molecule has 0 aromatic carbocycles. The van der Waals surface area contributed by atoms with Crippen molar-refractivity contribution in [3.8, 4) is 0 Å². The van der Waals surface area contributed by atoms with Gasteiger partial charge in [0.2, 0.25) is 10.0 Å². The smallest absolute Gasteiger partial charge is 0.215 e. The van der Waals surface area contributed by atoms with Gasteiger partial charge in [0.1, 0.15) is 0 Å².